The first-order chi connectivity index (χ1) is 16.5. The zero-order valence-electron chi connectivity index (χ0n) is 19.8. The summed E-state index contributed by atoms with van der Waals surface area (Å²) < 4.78 is 1.99. The Labute approximate surface area is 199 Å². The highest BCUT2D eigenvalue weighted by molar-refractivity contribution is 5.66. The van der Waals surface area contributed by atoms with Crippen molar-refractivity contribution in [2.75, 3.05) is 28.6 Å². The van der Waals surface area contributed by atoms with Gasteiger partial charge in [0.2, 0.25) is 5.95 Å². The normalized spacial score (nSPS) is 17.1. The van der Waals surface area contributed by atoms with Gasteiger partial charge in [-0.3, -0.25) is 0 Å². The number of nitrogens with zero attached hydrogens (tertiary/aromatic N) is 6. The van der Waals surface area contributed by atoms with Crippen LogP contribution in [0.15, 0.2) is 48.9 Å². The molecule has 1 saturated heterocycles. The van der Waals surface area contributed by atoms with Gasteiger partial charge in [0.05, 0.1) is 0 Å². The van der Waals surface area contributed by atoms with Crippen LogP contribution in [0.1, 0.15) is 43.4 Å². The Balaban J connectivity index is 1.33. The molecule has 0 radical (unpaired) electrons. The summed E-state index contributed by atoms with van der Waals surface area (Å²) in [6.07, 6.45) is 12.4. The van der Waals surface area contributed by atoms with Crippen molar-refractivity contribution < 1.29 is 0 Å². The van der Waals surface area contributed by atoms with Crippen molar-refractivity contribution in [3.8, 4) is 0 Å². The smallest absolute Gasteiger partial charge is 0.232 e. The summed E-state index contributed by atoms with van der Waals surface area (Å²) in [7, 11) is 0. The van der Waals surface area contributed by atoms with Crippen LogP contribution in [0.25, 0.3) is 5.65 Å². The van der Waals surface area contributed by atoms with Gasteiger partial charge < -0.3 is 19.9 Å². The number of aryl methyl sites for hydroxylation is 2. The first kappa shape index (κ1) is 20.9. The van der Waals surface area contributed by atoms with Crippen LogP contribution in [-0.4, -0.2) is 37.4 Å². The van der Waals surface area contributed by atoms with E-state index < -0.39 is 0 Å². The van der Waals surface area contributed by atoms with Crippen LogP contribution in [0, 0.1) is 19.3 Å². The molecular weight excluding hydrogens is 424 g/mol. The highest BCUT2D eigenvalue weighted by atomic mass is 15.3. The van der Waals surface area contributed by atoms with E-state index in [9.17, 15) is 0 Å². The van der Waals surface area contributed by atoms with Crippen LogP contribution in [0.2, 0.25) is 0 Å². The van der Waals surface area contributed by atoms with Crippen LogP contribution in [-0.2, 0) is 0 Å². The van der Waals surface area contributed by atoms with E-state index in [2.05, 4.69) is 44.6 Å². The SMILES string of the molecule is Cc1cc(C)nc(Nc2nc(Nc3ccn4ccnc4c3)cc(N3CCC4(CCCC4)C3)n2)c1. The second-order valence-corrected chi connectivity index (χ2v) is 9.84. The molecule has 5 heterocycles. The summed E-state index contributed by atoms with van der Waals surface area (Å²) in [6, 6.07) is 10.2. The molecule has 4 aromatic heterocycles. The monoisotopic (exact) mass is 454 g/mol. The quantitative estimate of drug-likeness (QED) is 0.418. The number of fused-ring (bicyclic) bond motifs is 1. The lowest BCUT2D eigenvalue weighted by Gasteiger charge is -2.24. The van der Waals surface area contributed by atoms with Crippen molar-refractivity contribution in [2.45, 2.75) is 46.0 Å². The van der Waals surface area contributed by atoms with Gasteiger partial charge in [-0.05, 0) is 62.3 Å². The summed E-state index contributed by atoms with van der Waals surface area (Å²) in [5.41, 5.74) is 4.41. The fourth-order valence-electron chi connectivity index (χ4n) is 5.54. The Morgan fingerprint density at radius 1 is 0.882 bits per heavy atom. The Morgan fingerprint density at radius 3 is 2.59 bits per heavy atom. The molecule has 0 unspecified atom stereocenters. The van der Waals surface area contributed by atoms with Crippen LogP contribution in [0.4, 0.5) is 29.1 Å². The molecule has 1 saturated carbocycles. The molecule has 1 aliphatic heterocycles. The highest BCUT2D eigenvalue weighted by Gasteiger charge is 2.40. The average Bonchev–Trinajstić information content (AvgIpc) is 3.55. The summed E-state index contributed by atoms with van der Waals surface area (Å²) in [6.45, 7) is 6.18. The molecule has 1 spiro atoms. The first-order valence-electron chi connectivity index (χ1n) is 12.1. The summed E-state index contributed by atoms with van der Waals surface area (Å²) in [4.78, 5) is 21.1. The molecular formula is C26H30N8. The second kappa shape index (κ2) is 8.27. The van der Waals surface area contributed by atoms with Crippen LogP contribution in [0.3, 0.4) is 0 Å². The molecule has 0 atom stereocenters. The minimum absolute atomic E-state index is 0.465. The Hall–Kier alpha value is -3.68. The molecule has 1 aliphatic carbocycles. The first-order valence-corrected chi connectivity index (χ1v) is 12.1. The third-order valence-electron chi connectivity index (χ3n) is 7.15. The van der Waals surface area contributed by atoms with E-state index in [-0.39, 0.29) is 0 Å². The van der Waals surface area contributed by atoms with Crippen molar-refractivity contribution in [1.29, 1.82) is 0 Å². The Kier molecular flexibility index (Phi) is 5.08. The predicted molar refractivity (Wildman–Crippen MR) is 135 cm³/mol. The minimum atomic E-state index is 0.465. The standard InChI is InChI=1S/C26H30N8/c1-18-13-19(2)28-21(14-18)30-25-31-22(29-20-5-10-33-12-9-27-23(33)15-20)16-24(32-25)34-11-8-26(17-34)6-3-4-7-26/h5,9-10,12-16H,3-4,6-8,11,17H2,1-2H3,(H2,28,29,30,31,32). The van der Waals surface area contributed by atoms with Crippen LogP contribution >= 0.6 is 0 Å². The largest absolute Gasteiger partial charge is 0.356 e. The number of aromatic nitrogens is 5. The van der Waals surface area contributed by atoms with Gasteiger partial charge in [0, 0.05) is 55.2 Å². The van der Waals surface area contributed by atoms with Crippen LogP contribution < -0.4 is 15.5 Å². The van der Waals surface area contributed by atoms with Crippen molar-refractivity contribution in [1.82, 2.24) is 24.3 Å². The molecule has 2 N–H and O–H groups in total. The fraction of sp³-hybridized carbons (Fsp3) is 0.385. The van der Waals surface area contributed by atoms with Crippen molar-refractivity contribution in [2.24, 2.45) is 5.41 Å². The van der Waals surface area contributed by atoms with Crippen molar-refractivity contribution >= 4 is 34.7 Å². The van der Waals surface area contributed by atoms with Crippen molar-refractivity contribution in [3.63, 3.8) is 0 Å². The molecule has 2 fully saturated rings. The molecule has 34 heavy (non-hydrogen) atoms. The maximum atomic E-state index is 4.92. The van der Waals surface area contributed by atoms with E-state index in [4.69, 9.17) is 9.97 Å². The van der Waals surface area contributed by atoms with Crippen molar-refractivity contribution in [3.05, 3.63) is 60.2 Å². The summed E-state index contributed by atoms with van der Waals surface area (Å²) in [5, 5.41) is 6.81. The number of hydrogen-bond donors (Lipinski definition) is 2. The van der Waals surface area contributed by atoms with E-state index in [0.29, 0.717) is 11.4 Å². The number of nitrogens with one attached hydrogen (secondary N) is 2. The third-order valence-corrected chi connectivity index (χ3v) is 7.15. The maximum Gasteiger partial charge on any atom is 0.232 e. The van der Waals surface area contributed by atoms with E-state index in [1.54, 1.807) is 6.20 Å². The number of pyridine rings is 2. The van der Waals surface area contributed by atoms with E-state index in [1.807, 2.05) is 41.9 Å². The Morgan fingerprint density at radius 2 is 1.74 bits per heavy atom. The zero-order valence-corrected chi connectivity index (χ0v) is 19.8. The second-order valence-electron chi connectivity index (χ2n) is 9.84. The van der Waals surface area contributed by atoms with Gasteiger partial charge in [0.15, 0.2) is 0 Å². The zero-order chi connectivity index (χ0) is 23.1. The fourth-order valence-corrected chi connectivity index (χ4v) is 5.54. The number of hydrogen-bond acceptors (Lipinski definition) is 7. The van der Waals surface area contributed by atoms with Gasteiger partial charge in [-0.2, -0.15) is 9.97 Å². The van der Waals surface area contributed by atoms with Gasteiger partial charge in [-0.1, -0.05) is 12.8 Å². The number of imidazole rings is 1. The topological polar surface area (TPSA) is 83.3 Å². The Bertz CT molecular complexity index is 1320. The molecule has 4 aromatic rings. The molecule has 8 heteroatoms. The summed E-state index contributed by atoms with van der Waals surface area (Å²) in [5.74, 6) is 3.01. The lowest BCUT2D eigenvalue weighted by Crippen LogP contribution is -2.26. The summed E-state index contributed by atoms with van der Waals surface area (Å²) >= 11 is 0. The molecule has 6 rings (SSSR count). The lowest BCUT2D eigenvalue weighted by molar-refractivity contribution is 0.340. The molecule has 174 valence electrons. The van der Waals surface area contributed by atoms with Gasteiger partial charge in [0.1, 0.15) is 23.1 Å². The highest BCUT2D eigenvalue weighted by Crippen LogP contribution is 2.46. The van der Waals surface area contributed by atoms with Gasteiger partial charge in [-0.25, -0.2) is 9.97 Å². The lowest BCUT2D eigenvalue weighted by atomic mass is 9.86. The molecule has 0 aromatic carbocycles. The minimum Gasteiger partial charge on any atom is -0.356 e. The van der Waals surface area contributed by atoms with E-state index >= 15 is 0 Å². The maximum absolute atomic E-state index is 4.92. The van der Waals surface area contributed by atoms with Gasteiger partial charge in [-0.15, -0.1) is 0 Å². The average molecular weight is 455 g/mol. The molecule has 2 aliphatic rings. The molecule has 8 nitrogen and oxygen atoms in total. The predicted octanol–water partition coefficient (Wildman–Crippen LogP) is 5.39. The van der Waals surface area contributed by atoms with Gasteiger partial charge >= 0.3 is 0 Å². The molecule has 0 amide bonds. The van der Waals surface area contributed by atoms with E-state index in [0.717, 1.165) is 53.1 Å². The van der Waals surface area contributed by atoms with Gasteiger partial charge in [0.25, 0.3) is 0 Å². The molecule has 0 bridgehead atoms. The number of rotatable bonds is 5. The van der Waals surface area contributed by atoms with Crippen LogP contribution in [0.5, 0.6) is 0 Å². The third kappa shape index (κ3) is 4.16. The van der Waals surface area contributed by atoms with E-state index in [1.165, 1.54) is 32.1 Å². The number of anilines is 5.